The Balaban J connectivity index is 1.77. The first kappa shape index (κ1) is 15.9. The van der Waals surface area contributed by atoms with Gasteiger partial charge in [0.1, 0.15) is 12.4 Å². The number of hydrogen-bond acceptors (Lipinski definition) is 5. The monoisotopic (exact) mass is 337 g/mol. The first-order valence-electron chi connectivity index (χ1n) is 9.00. The number of aromatic nitrogens is 3. The van der Waals surface area contributed by atoms with E-state index in [1.54, 1.807) is 6.33 Å². The van der Waals surface area contributed by atoms with Gasteiger partial charge in [0.15, 0.2) is 5.78 Å². The van der Waals surface area contributed by atoms with E-state index in [0.29, 0.717) is 12.4 Å². The normalized spacial score (nSPS) is 19.3. The van der Waals surface area contributed by atoms with Crippen LogP contribution < -0.4 is 10.2 Å². The molecule has 0 saturated heterocycles. The molecule has 4 rings (SSSR count). The molecule has 1 N–H and O–H groups in total. The Morgan fingerprint density at radius 1 is 1.20 bits per heavy atom. The zero-order valence-electron chi connectivity index (χ0n) is 14.7. The number of anilines is 2. The van der Waals surface area contributed by atoms with Crippen LogP contribution in [0.2, 0.25) is 0 Å². The van der Waals surface area contributed by atoms with Crippen LogP contribution in [0.15, 0.2) is 41.9 Å². The quantitative estimate of drug-likeness (QED) is 0.928. The Morgan fingerprint density at radius 3 is 2.68 bits per heavy atom. The highest BCUT2D eigenvalue weighted by Gasteiger charge is 2.35. The summed E-state index contributed by atoms with van der Waals surface area (Å²) < 4.78 is 1.83. The van der Waals surface area contributed by atoms with Gasteiger partial charge in [0.05, 0.1) is 0 Å². The summed E-state index contributed by atoms with van der Waals surface area (Å²) in [5, 5.41) is 7.67. The maximum absolute atomic E-state index is 12.6. The Kier molecular flexibility index (Phi) is 4.03. The smallest absolute Gasteiger partial charge is 0.226 e. The number of carbonyl (C=O) groups excluding carboxylic acids is 1. The Hall–Kier alpha value is -2.63. The molecule has 1 aliphatic carbocycles. The van der Waals surface area contributed by atoms with Crippen molar-refractivity contribution in [1.29, 1.82) is 0 Å². The van der Waals surface area contributed by atoms with Gasteiger partial charge in [0, 0.05) is 36.5 Å². The molecule has 0 fully saturated rings. The van der Waals surface area contributed by atoms with Crippen LogP contribution >= 0.6 is 0 Å². The van der Waals surface area contributed by atoms with Gasteiger partial charge in [0.25, 0.3) is 0 Å². The van der Waals surface area contributed by atoms with Crippen LogP contribution in [-0.2, 0) is 4.79 Å². The van der Waals surface area contributed by atoms with Gasteiger partial charge in [-0.3, -0.25) is 4.79 Å². The summed E-state index contributed by atoms with van der Waals surface area (Å²) in [6, 6.07) is 8.30. The molecule has 1 aromatic carbocycles. The van der Waals surface area contributed by atoms with Crippen LogP contribution in [-0.4, -0.2) is 33.6 Å². The van der Waals surface area contributed by atoms with Gasteiger partial charge < -0.3 is 10.2 Å². The topological polar surface area (TPSA) is 63.1 Å². The van der Waals surface area contributed by atoms with Crippen molar-refractivity contribution in [3.05, 3.63) is 47.4 Å². The van der Waals surface area contributed by atoms with E-state index in [1.165, 1.54) is 5.69 Å². The average molecular weight is 337 g/mol. The summed E-state index contributed by atoms with van der Waals surface area (Å²) in [6.45, 7) is 6.27. The highest BCUT2D eigenvalue weighted by molar-refractivity contribution is 5.99. The molecule has 2 aromatic rings. The summed E-state index contributed by atoms with van der Waals surface area (Å²) >= 11 is 0. The fourth-order valence-corrected chi connectivity index (χ4v) is 3.86. The van der Waals surface area contributed by atoms with Gasteiger partial charge in [0.2, 0.25) is 5.95 Å². The summed E-state index contributed by atoms with van der Waals surface area (Å²) in [4.78, 5) is 19.3. The maximum atomic E-state index is 12.6. The van der Waals surface area contributed by atoms with Gasteiger partial charge in [-0.1, -0.05) is 12.1 Å². The van der Waals surface area contributed by atoms with Gasteiger partial charge >= 0.3 is 0 Å². The second kappa shape index (κ2) is 6.35. The third-order valence-electron chi connectivity index (χ3n) is 5.15. The van der Waals surface area contributed by atoms with Gasteiger partial charge in [-0.05, 0) is 44.4 Å². The summed E-state index contributed by atoms with van der Waals surface area (Å²) in [6.07, 6.45) is 3.94. The average Bonchev–Trinajstić information content (AvgIpc) is 3.10. The zero-order valence-corrected chi connectivity index (χ0v) is 14.7. The molecule has 0 radical (unpaired) electrons. The number of Topliss-reactive ketones (excluding diaryl/α,β-unsaturated/α-hetero) is 1. The molecule has 130 valence electrons. The fourth-order valence-electron chi connectivity index (χ4n) is 3.86. The molecular weight excluding hydrogens is 314 g/mol. The molecule has 1 atom stereocenters. The molecule has 6 nitrogen and oxygen atoms in total. The third-order valence-corrected chi connectivity index (χ3v) is 5.15. The largest absolute Gasteiger partial charge is 0.372 e. The molecule has 1 aliphatic heterocycles. The molecule has 1 aromatic heterocycles. The summed E-state index contributed by atoms with van der Waals surface area (Å²) in [7, 11) is 0. The van der Waals surface area contributed by atoms with E-state index in [0.717, 1.165) is 42.8 Å². The standard InChI is InChI=1S/C19H23N5O/c1-3-23(4-2)14-10-8-13(9-11-14)18-17-15(6-5-7-16(17)25)22-19-20-12-21-24(18)19/h8-12,18H,3-7H2,1-2H3,(H,20,21,22)/t18-/m1/s1. The van der Waals surface area contributed by atoms with Crippen molar-refractivity contribution < 1.29 is 4.79 Å². The maximum Gasteiger partial charge on any atom is 0.226 e. The number of carbonyl (C=O) groups is 1. The van der Waals surface area contributed by atoms with E-state index < -0.39 is 0 Å². The van der Waals surface area contributed by atoms with Crippen LogP contribution in [0.5, 0.6) is 0 Å². The minimum absolute atomic E-state index is 0.188. The minimum atomic E-state index is -0.188. The van der Waals surface area contributed by atoms with E-state index in [4.69, 9.17) is 0 Å². The van der Waals surface area contributed by atoms with Crippen molar-refractivity contribution in [2.24, 2.45) is 0 Å². The molecule has 2 aliphatic rings. The van der Waals surface area contributed by atoms with Crippen molar-refractivity contribution in [1.82, 2.24) is 14.8 Å². The molecule has 0 unspecified atom stereocenters. The first-order valence-corrected chi connectivity index (χ1v) is 9.00. The highest BCUT2D eigenvalue weighted by atomic mass is 16.1. The van der Waals surface area contributed by atoms with E-state index in [1.807, 2.05) is 4.68 Å². The number of hydrogen-bond donors (Lipinski definition) is 1. The van der Waals surface area contributed by atoms with E-state index >= 15 is 0 Å². The number of ketones is 1. The minimum Gasteiger partial charge on any atom is -0.372 e. The van der Waals surface area contributed by atoms with Crippen molar-refractivity contribution in [2.75, 3.05) is 23.3 Å². The number of rotatable bonds is 4. The van der Waals surface area contributed by atoms with Crippen molar-refractivity contribution >= 4 is 17.4 Å². The molecule has 25 heavy (non-hydrogen) atoms. The highest BCUT2D eigenvalue weighted by Crippen LogP contribution is 2.39. The number of nitrogens with one attached hydrogen (secondary N) is 1. The van der Waals surface area contributed by atoms with E-state index in [-0.39, 0.29) is 11.8 Å². The molecular formula is C19H23N5O. The predicted octanol–water partition coefficient (Wildman–Crippen LogP) is 3.15. The lowest BCUT2D eigenvalue weighted by atomic mass is 9.85. The predicted molar refractivity (Wildman–Crippen MR) is 97.7 cm³/mol. The van der Waals surface area contributed by atoms with E-state index in [9.17, 15) is 4.79 Å². The Bertz CT molecular complexity index is 817. The van der Waals surface area contributed by atoms with Gasteiger partial charge in [-0.25, -0.2) is 4.68 Å². The Morgan fingerprint density at radius 2 is 1.96 bits per heavy atom. The molecule has 6 heteroatoms. The molecule has 0 spiro atoms. The van der Waals surface area contributed by atoms with Crippen molar-refractivity contribution in [3.63, 3.8) is 0 Å². The summed E-state index contributed by atoms with van der Waals surface area (Å²) in [5.74, 6) is 0.930. The third kappa shape index (κ3) is 2.62. The van der Waals surface area contributed by atoms with Gasteiger partial charge in [-0.2, -0.15) is 10.1 Å². The lowest BCUT2D eigenvalue weighted by Crippen LogP contribution is -2.31. The molecule has 0 saturated carbocycles. The van der Waals surface area contributed by atoms with Crippen LogP contribution in [0.4, 0.5) is 11.6 Å². The van der Waals surface area contributed by atoms with Crippen LogP contribution in [0.1, 0.15) is 44.7 Å². The zero-order chi connectivity index (χ0) is 17.4. The van der Waals surface area contributed by atoms with Gasteiger partial charge in [-0.15, -0.1) is 0 Å². The Labute approximate surface area is 147 Å². The number of fused-ring (bicyclic) bond motifs is 1. The summed E-state index contributed by atoms with van der Waals surface area (Å²) in [5.41, 5.74) is 4.13. The first-order chi connectivity index (χ1) is 12.2. The van der Waals surface area contributed by atoms with Crippen molar-refractivity contribution in [2.45, 2.75) is 39.2 Å². The second-order valence-electron chi connectivity index (χ2n) is 6.49. The van der Waals surface area contributed by atoms with Crippen LogP contribution in [0, 0.1) is 0 Å². The number of benzene rings is 1. The molecule has 2 heterocycles. The fraction of sp³-hybridized carbons (Fsp3) is 0.421. The van der Waals surface area contributed by atoms with E-state index in [2.05, 4.69) is 58.4 Å². The lowest BCUT2D eigenvalue weighted by molar-refractivity contribution is -0.116. The number of nitrogens with zero attached hydrogens (tertiary/aromatic N) is 4. The number of allylic oxidation sites excluding steroid dienone is 2. The molecule has 0 amide bonds. The SMILES string of the molecule is CCN(CC)c1ccc([C@@H]2C3=C(CCCC3=O)Nc3ncnn32)cc1. The molecule has 0 bridgehead atoms. The lowest BCUT2D eigenvalue weighted by Gasteiger charge is -2.32. The second-order valence-corrected chi connectivity index (χ2v) is 6.49. The van der Waals surface area contributed by atoms with Crippen molar-refractivity contribution in [3.8, 4) is 0 Å². The van der Waals surface area contributed by atoms with Crippen LogP contribution in [0.3, 0.4) is 0 Å². The van der Waals surface area contributed by atoms with Crippen LogP contribution in [0.25, 0.3) is 0 Å².